The van der Waals surface area contributed by atoms with E-state index in [9.17, 15) is 9.59 Å². The molecule has 32 heavy (non-hydrogen) atoms. The van der Waals surface area contributed by atoms with Crippen LogP contribution in [0.25, 0.3) is 11.3 Å². The first kappa shape index (κ1) is 20.4. The van der Waals surface area contributed by atoms with E-state index in [2.05, 4.69) is 10.3 Å². The molecule has 0 aliphatic carbocycles. The number of amides is 1. The van der Waals surface area contributed by atoms with Gasteiger partial charge in [0.25, 0.3) is 11.5 Å². The molecule has 164 valence electrons. The van der Waals surface area contributed by atoms with Crippen LogP contribution in [-0.4, -0.2) is 26.0 Å². The normalized spacial score (nSPS) is 18.8. The van der Waals surface area contributed by atoms with Gasteiger partial charge in [-0.05, 0) is 56.9 Å². The Morgan fingerprint density at radius 2 is 2.00 bits per heavy atom. The number of pyridine rings is 1. The lowest BCUT2D eigenvalue weighted by molar-refractivity contribution is 0.0918. The first-order chi connectivity index (χ1) is 15.4. The lowest BCUT2D eigenvalue weighted by atomic mass is 10.00. The van der Waals surface area contributed by atoms with Crippen LogP contribution in [0.5, 0.6) is 5.75 Å². The molecule has 7 nitrogen and oxygen atoms in total. The second-order valence-corrected chi connectivity index (χ2v) is 9.08. The van der Waals surface area contributed by atoms with E-state index in [-0.39, 0.29) is 23.1 Å². The Hall–Kier alpha value is -3.48. The van der Waals surface area contributed by atoms with Crippen LogP contribution < -0.4 is 15.6 Å². The molecule has 0 fully saturated rings. The molecular weight excluding hydrogens is 404 g/mol. The molecule has 1 unspecified atom stereocenters. The number of hydrogen-bond acceptors (Lipinski definition) is 5. The van der Waals surface area contributed by atoms with Crippen molar-refractivity contribution in [2.24, 2.45) is 0 Å². The smallest absolute Gasteiger partial charge is 0.255 e. The van der Waals surface area contributed by atoms with Gasteiger partial charge in [-0.15, -0.1) is 0 Å². The van der Waals surface area contributed by atoms with Gasteiger partial charge in [-0.1, -0.05) is 12.1 Å². The first-order valence-electron chi connectivity index (χ1n) is 11.1. The number of fused-ring (bicyclic) bond motifs is 2. The van der Waals surface area contributed by atoms with Crippen LogP contribution in [0.2, 0.25) is 0 Å². The highest BCUT2D eigenvalue weighted by Gasteiger charge is 2.34. The lowest BCUT2D eigenvalue weighted by Crippen LogP contribution is -2.34. The lowest BCUT2D eigenvalue weighted by Gasteiger charge is -2.21. The summed E-state index contributed by atoms with van der Waals surface area (Å²) < 4.78 is 7.78. The van der Waals surface area contributed by atoms with Gasteiger partial charge in [-0.3, -0.25) is 19.1 Å². The fourth-order valence-corrected chi connectivity index (χ4v) is 4.60. The number of nitrogens with one attached hydrogen (secondary N) is 1. The number of carbonyl (C=O) groups excluding carboxylic acids is 1. The van der Waals surface area contributed by atoms with Gasteiger partial charge in [0.2, 0.25) is 0 Å². The molecule has 0 bridgehead atoms. The largest absolute Gasteiger partial charge is 0.486 e. The third-order valence-corrected chi connectivity index (χ3v) is 6.09. The molecule has 0 spiro atoms. The molecule has 7 heteroatoms. The van der Waals surface area contributed by atoms with Crippen molar-refractivity contribution in [1.29, 1.82) is 0 Å². The number of aromatic nitrogens is 3. The number of rotatable bonds is 3. The van der Waals surface area contributed by atoms with E-state index in [4.69, 9.17) is 9.72 Å². The minimum atomic E-state index is -0.357. The third-order valence-electron chi connectivity index (χ3n) is 6.09. The molecule has 1 N–H and O–H groups in total. The zero-order valence-electron chi connectivity index (χ0n) is 18.3. The summed E-state index contributed by atoms with van der Waals surface area (Å²) >= 11 is 0. The van der Waals surface area contributed by atoms with Gasteiger partial charge in [0.05, 0.1) is 17.3 Å². The van der Waals surface area contributed by atoms with Gasteiger partial charge in [0.1, 0.15) is 17.2 Å². The Morgan fingerprint density at radius 1 is 1.19 bits per heavy atom. The van der Waals surface area contributed by atoms with Crippen molar-refractivity contribution in [2.75, 3.05) is 0 Å². The zero-order valence-corrected chi connectivity index (χ0v) is 18.3. The van der Waals surface area contributed by atoms with Crippen molar-refractivity contribution in [3.8, 4) is 17.0 Å². The molecule has 5 rings (SSSR count). The second kappa shape index (κ2) is 7.89. The average molecular weight is 431 g/mol. The topological polar surface area (TPSA) is 86.1 Å². The van der Waals surface area contributed by atoms with Crippen molar-refractivity contribution in [2.45, 2.75) is 57.7 Å². The highest BCUT2D eigenvalue weighted by Crippen LogP contribution is 2.38. The summed E-state index contributed by atoms with van der Waals surface area (Å²) in [6.07, 6.45) is 6.61. The maximum Gasteiger partial charge on any atom is 0.255 e. The van der Waals surface area contributed by atoms with Crippen molar-refractivity contribution >= 4 is 5.91 Å². The van der Waals surface area contributed by atoms with E-state index < -0.39 is 0 Å². The molecule has 0 saturated carbocycles. The Labute approximate surface area is 186 Å². The van der Waals surface area contributed by atoms with E-state index >= 15 is 0 Å². The minimum Gasteiger partial charge on any atom is -0.486 e. The quantitative estimate of drug-likeness (QED) is 0.685. The highest BCUT2D eigenvalue weighted by molar-refractivity contribution is 5.97. The van der Waals surface area contributed by atoms with E-state index in [1.807, 2.05) is 38.1 Å². The van der Waals surface area contributed by atoms with Crippen LogP contribution in [0.15, 0.2) is 53.6 Å². The summed E-state index contributed by atoms with van der Waals surface area (Å²) in [6.45, 7) is 4.64. The average Bonchev–Trinajstić information content (AvgIpc) is 2.96. The van der Waals surface area contributed by atoms with E-state index in [0.717, 1.165) is 36.8 Å². The fourth-order valence-electron chi connectivity index (χ4n) is 4.60. The molecule has 2 aliphatic heterocycles. The Balaban J connectivity index is 1.50. The first-order valence-corrected chi connectivity index (χ1v) is 11.1. The maximum absolute atomic E-state index is 13.3. The van der Waals surface area contributed by atoms with Gasteiger partial charge >= 0.3 is 0 Å². The summed E-state index contributed by atoms with van der Waals surface area (Å²) in [5.41, 5.74) is 2.55. The second-order valence-electron chi connectivity index (χ2n) is 9.08. The SMILES string of the molecule is CC1(C)Cc2cccc(C(=O)NC3CCCCn4c3nc(-c3ccncc3)cc4=O)c2O1. The number of hydrogen-bond donors (Lipinski definition) is 1. The number of para-hydroxylation sites is 1. The molecule has 3 aromatic rings. The van der Waals surface area contributed by atoms with Crippen LogP contribution in [0.4, 0.5) is 0 Å². The number of nitrogens with zero attached hydrogens (tertiary/aromatic N) is 3. The Bertz CT molecular complexity index is 1230. The van der Waals surface area contributed by atoms with E-state index in [0.29, 0.717) is 29.4 Å². The van der Waals surface area contributed by atoms with Crippen molar-refractivity contribution in [3.05, 3.63) is 76.1 Å². The zero-order chi connectivity index (χ0) is 22.3. The number of carbonyl (C=O) groups is 1. The van der Waals surface area contributed by atoms with Crippen LogP contribution in [0.3, 0.4) is 0 Å². The molecule has 1 aromatic carbocycles. The van der Waals surface area contributed by atoms with Crippen molar-refractivity contribution in [1.82, 2.24) is 19.9 Å². The van der Waals surface area contributed by atoms with Gasteiger partial charge in [0, 0.05) is 37.0 Å². The van der Waals surface area contributed by atoms with Crippen molar-refractivity contribution in [3.63, 3.8) is 0 Å². The molecule has 0 radical (unpaired) electrons. The van der Waals surface area contributed by atoms with Crippen LogP contribution >= 0.6 is 0 Å². The molecule has 1 atom stereocenters. The molecular formula is C25H26N4O3. The summed E-state index contributed by atoms with van der Waals surface area (Å²) in [5, 5.41) is 3.14. The summed E-state index contributed by atoms with van der Waals surface area (Å²) in [4.78, 5) is 35.1. The standard InChI is InChI=1S/C25H26N4O3/c1-25(2)15-17-6-5-7-18(22(17)32-25)24(31)28-19-8-3-4-13-29-21(30)14-20(27-23(19)29)16-9-11-26-12-10-16/h5-7,9-12,14,19H,3-4,8,13,15H2,1-2H3,(H,28,31). The molecule has 2 aromatic heterocycles. The van der Waals surface area contributed by atoms with Crippen LogP contribution in [-0.2, 0) is 13.0 Å². The summed E-state index contributed by atoms with van der Waals surface area (Å²) in [5.74, 6) is 1.05. The predicted molar refractivity (Wildman–Crippen MR) is 121 cm³/mol. The molecule has 0 saturated heterocycles. The van der Waals surface area contributed by atoms with Gasteiger partial charge in [0.15, 0.2) is 0 Å². The van der Waals surface area contributed by atoms with Crippen LogP contribution in [0, 0.1) is 0 Å². The maximum atomic E-state index is 13.3. The number of ether oxygens (including phenoxy) is 1. The fraction of sp³-hybridized carbons (Fsp3) is 0.360. The highest BCUT2D eigenvalue weighted by atomic mass is 16.5. The van der Waals surface area contributed by atoms with Crippen molar-refractivity contribution < 1.29 is 9.53 Å². The number of benzene rings is 1. The van der Waals surface area contributed by atoms with Gasteiger partial charge in [-0.25, -0.2) is 4.98 Å². The summed E-state index contributed by atoms with van der Waals surface area (Å²) in [7, 11) is 0. The van der Waals surface area contributed by atoms with Crippen LogP contribution in [0.1, 0.15) is 60.9 Å². The van der Waals surface area contributed by atoms with E-state index in [1.165, 1.54) is 0 Å². The molecule has 2 aliphatic rings. The minimum absolute atomic E-state index is 0.103. The van der Waals surface area contributed by atoms with Gasteiger partial charge < -0.3 is 10.1 Å². The Kier molecular flexibility index (Phi) is 5.04. The summed E-state index contributed by atoms with van der Waals surface area (Å²) in [6, 6.07) is 10.5. The van der Waals surface area contributed by atoms with Gasteiger partial charge in [-0.2, -0.15) is 0 Å². The molecule has 1 amide bonds. The monoisotopic (exact) mass is 430 g/mol. The Morgan fingerprint density at radius 3 is 2.81 bits per heavy atom. The predicted octanol–water partition coefficient (Wildman–Crippen LogP) is 3.67. The van der Waals surface area contributed by atoms with E-state index in [1.54, 1.807) is 29.1 Å². The third kappa shape index (κ3) is 3.79. The molecule has 4 heterocycles.